The third-order valence-electron chi connectivity index (χ3n) is 2.91. The Labute approximate surface area is 137 Å². The number of hydrogen-bond donors (Lipinski definition) is 2. The van der Waals surface area contributed by atoms with Crippen molar-refractivity contribution < 1.29 is 4.42 Å². The smallest absolute Gasteiger partial charge is 0.190 e. The number of rotatable bonds is 5. The van der Waals surface area contributed by atoms with Crippen molar-refractivity contribution in [2.75, 3.05) is 20.1 Å². The second-order valence-corrected chi connectivity index (χ2v) is 4.43. The van der Waals surface area contributed by atoms with Crippen molar-refractivity contribution in [3.8, 4) is 0 Å². The summed E-state index contributed by atoms with van der Waals surface area (Å²) < 4.78 is 5.76. The van der Waals surface area contributed by atoms with Crippen molar-refractivity contribution in [2.24, 2.45) is 4.99 Å². The monoisotopic (exact) mass is 387 g/mol. The van der Waals surface area contributed by atoms with Crippen molar-refractivity contribution in [1.82, 2.24) is 10.6 Å². The molecule has 4 nitrogen and oxygen atoms in total. The van der Waals surface area contributed by atoms with Crippen LogP contribution >= 0.6 is 24.0 Å². The Bertz CT molecular complexity index is 518. The van der Waals surface area contributed by atoms with Crippen molar-refractivity contribution in [3.63, 3.8) is 0 Å². The molecule has 0 fully saturated rings. The lowest BCUT2D eigenvalue weighted by molar-refractivity contribution is 0.544. The number of aliphatic imine (C=N–C) groups is 1. The molecule has 20 heavy (non-hydrogen) atoms. The predicted molar refractivity (Wildman–Crippen MR) is 95.0 cm³/mol. The first kappa shape index (κ1) is 16.8. The maximum absolute atomic E-state index is 5.76. The van der Waals surface area contributed by atoms with E-state index < -0.39 is 0 Å². The van der Waals surface area contributed by atoms with E-state index in [0.29, 0.717) is 0 Å². The number of fused-ring (bicyclic) bond motifs is 1. The number of hydrogen-bond acceptors (Lipinski definition) is 2. The Morgan fingerprint density at radius 1 is 1.20 bits per heavy atom. The van der Waals surface area contributed by atoms with Crippen molar-refractivity contribution >= 4 is 40.9 Å². The van der Waals surface area contributed by atoms with Crippen LogP contribution in [0.4, 0.5) is 0 Å². The Morgan fingerprint density at radius 3 is 2.65 bits per heavy atom. The molecule has 1 aromatic carbocycles. The lowest BCUT2D eigenvalue weighted by Gasteiger charge is -2.09. The SMILES string of the molecule is CCCNC(=NC)NCCc1cc2ccccc2o1.I. The highest BCUT2D eigenvalue weighted by atomic mass is 127. The highest BCUT2D eigenvalue weighted by molar-refractivity contribution is 14.0. The van der Waals surface area contributed by atoms with Gasteiger partial charge in [0.25, 0.3) is 0 Å². The summed E-state index contributed by atoms with van der Waals surface area (Å²) in [4.78, 5) is 4.16. The maximum Gasteiger partial charge on any atom is 0.190 e. The zero-order valence-corrected chi connectivity index (χ0v) is 14.3. The number of para-hydroxylation sites is 1. The van der Waals surface area contributed by atoms with E-state index in [9.17, 15) is 0 Å². The number of halogens is 1. The summed E-state index contributed by atoms with van der Waals surface area (Å²) in [6, 6.07) is 10.2. The van der Waals surface area contributed by atoms with E-state index in [2.05, 4.69) is 34.7 Å². The van der Waals surface area contributed by atoms with E-state index in [1.807, 2.05) is 18.2 Å². The molecule has 2 N–H and O–H groups in total. The summed E-state index contributed by atoms with van der Waals surface area (Å²) >= 11 is 0. The molecule has 0 spiro atoms. The number of nitrogens with one attached hydrogen (secondary N) is 2. The first-order valence-corrected chi connectivity index (χ1v) is 6.75. The molecule has 1 aromatic heterocycles. The van der Waals surface area contributed by atoms with Crippen molar-refractivity contribution in [3.05, 3.63) is 36.1 Å². The van der Waals surface area contributed by atoms with Gasteiger partial charge in [-0.25, -0.2) is 0 Å². The lowest BCUT2D eigenvalue weighted by Crippen LogP contribution is -2.38. The van der Waals surface area contributed by atoms with E-state index in [1.165, 1.54) is 0 Å². The molecule has 0 saturated carbocycles. The Morgan fingerprint density at radius 2 is 1.95 bits per heavy atom. The van der Waals surface area contributed by atoms with Crippen LogP contribution in [0.5, 0.6) is 0 Å². The summed E-state index contributed by atoms with van der Waals surface area (Å²) in [5.74, 6) is 1.85. The molecule has 110 valence electrons. The second-order valence-electron chi connectivity index (χ2n) is 4.43. The minimum absolute atomic E-state index is 0. The van der Waals surface area contributed by atoms with Gasteiger partial charge in [-0.05, 0) is 18.6 Å². The zero-order chi connectivity index (χ0) is 13.5. The van der Waals surface area contributed by atoms with Gasteiger partial charge in [-0.1, -0.05) is 25.1 Å². The molecule has 0 aliphatic carbocycles. The summed E-state index contributed by atoms with van der Waals surface area (Å²) in [5, 5.41) is 7.67. The number of guanidine groups is 1. The summed E-state index contributed by atoms with van der Waals surface area (Å²) in [6.07, 6.45) is 1.94. The van der Waals surface area contributed by atoms with Gasteiger partial charge in [-0.2, -0.15) is 0 Å². The minimum Gasteiger partial charge on any atom is -0.461 e. The highest BCUT2D eigenvalue weighted by Crippen LogP contribution is 2.18. The lowest BCUT2D eigenvalue weighted by atomic mass is 10.2. The van der Waals surface area contributed by atoms with Gasteiger partial charge in [0.15, 0.2) is 5.96 Å². The Kier molecular flexibility index (Phi) is 7.43. The van der Waals surface area contributed by atoms with Crippen molar-refractivity contribution in [2.45, 2.75) is 19.8 Å². The average Bonchev–Trinajstić information content (AvgIpc) is 2.85. The van der Waals surface area contributed by atoms with Crippen LogP contribution in [-0.2, 0) is 6.42 Å². The second kappa shape index (κ2) is 8.84. The molecular formula is C15H22IN3O. The number of furan rings is 1. The topological polar surface area (TPSA) is 49.6 Å². The molecule has 2 rings (SSSR count). The van der Waals surface area contributed by atoms with E-state index in [4.69, 9.17) is 4.42 Å². The van der Waals surface area contributed by atoms with Crippen LogP contribution in [0.3, 0.4) is 0 Å². The van der Waals surface area contributed by atoms with Crippen LogP contribution in [0.2, 0.25) is 0 Å². The molecule has 1 heterocycles. The van der Waals surface area contributed by atoms with Gasteiger partial charge in [-0.3, -0.25) is 4.99 Å². The van der Waals surface area contributed by atoms with Crippen LogP contribution < -0.4 is 10.6 Å². The van der Waals surface area contributed by atoms with Gasteiger partial charge in [0.05, 0.1) is 0 Å². The summed E-state index contributed by atoms with van der Waals surface area (Å²) in [5.41, 5.74) is 0.950. The third kappa shape index (κ3) is 4.70. The van der Waals surface area contributed by atoms with Crippen LogP contribution in [-0.4, -0.2) is 26.1 Å². The molecular weight excluding hydrogens is 365 g/mol. The molecule has 0 unspecified atom stereocenters. The average molecular weight is 387 g/mol. The Hall–Kier alpha value is -1.24. The zero-order valence-electron chi connectivity index (χ0n) is 12.0. The maximum atomic E-state index is 5.76. The molecule has 0 bridgehead atoms. The Balaban J connectivity index is 0.00000200. The summed E-state index contributed by atoms with van der Waals surface area (Å²) in [6.45, 7) is 3.88. The van der Waals surface area contributed by atoms with E-state index in [-0.39, 0.29) is 24.0 Å². The molecule has 0 aliphatic rings. The fraction of sp³-hybridized carbons (Fsp3) is 0.400. The molecule has 0 atom stereocenters. The predicted octanol–water partition coefficient (Wildman–Crippen LogP) is 3.17. The van der Waals surface area contributed by atoms with E-state index >= 15 is 0 Å². The van der Waals surface area contributed by atoms with Gasteiger partial charge >= 0.3 is 0 Å². The molecule has 5 heteroatoms. The molecule has 0 saturated heterocycles. The molecule has 0 amide bonds. The first-order chi connectivity index (χ1) is 9.33. The van der Waals surface area contributed by atoms with Gasteiger partial charge < -0.3 is 15.1 Å². The highest BCUT2D eigenvalue weighted by Gasteiger charge is 2.03. The number of nitrogens with zero attached hydrogens (tertiary/aromatic N) is 1. The van der Waals surface area contributed by atoms with E-state index in [0.717, 1.165) is 48.6 Å². The third-order valence-corrected chi connectivity index (χ3v) is 2.91. The van der Waals surface area contributed by atoms with Gasteiger partial charge in [0, 0.05) is 31.9 Å². The standard InChI is InChI=1S/C15H21N3O.HI/c1-3-9-17-15(16-2)18-10-8-13-11-12-6-4-5-7-14(12)19-13;/h4-7,11H,3,8-10H2,1-2H3,(H2,16,17,18);1H. The van der Waals surface area contributed by atoms with Crippen LogP contribution in [0, 0.1) is 0 Å². The first-order valence-electron chi connectivity index (χ1n) is 6.75. The molecule has 2 aromatic rings. The van der Waals surface area contributed by atoms with Crippen LogP contribution in [0.1, 0.15) is 19.1 Å². The van der Waals surface area contributed by atoms with Crippen LogP contribution in [0.25, 0.3) is 11.0 Å². The fourth-order valence-corrected chi connectivity index (χ4v) is 1.93. The van der Waals surface area contributed by atoms with Crippen LogP contribution in [0.15, 0.2) is 39.7 Å². The largest absolute Gasteiger partial charge is 0.461 e. The van der Waals surface area contributed by atoms with E-state index in [1.54, 1.807) is 7.05 Å². The van der Waals surface area contributed by atoms with Gasteiger partial charge in [0.2, 0.25) is 0 Å². The fourth-order valence-electron chi connectivity index (χ4n) is 1.93. The molecule has 0 aliphatic heterocycles. The normalized spacial score (nSPS) is 11.2. The summed E-state index contributed by atoms with van der Waals surface area (Å²) in [7, 11) is 1.78. The van der Waals surface area contributed by atoms with Gasteiger partial charge in [0.1, 0.15) is 11.3 Å². The quantitative estimate of drug-likeness (QED) is 0.471. The van der Waals surface area contributed by atoms with Gasteiger partial charge in [-0.15, -0.1) is 24.0 Å². The van der Waals surface area contributed by atoms with Crippen molar-refractivity contribution in [1.29, 1.82) is 0 Å². The number of benzene rings is 1. The molecule has 0 radical (unpaired) electrons. The minimum atomic E-state index is 0.